The van der Waals surface area contributed by atoms with Gasteiger partial charge in [-0.25, -0.2) is 4.98 Å². The van der Waals surface area contributed by atoms with Crippen LogP contribution in [0.25, 0.3) is 11.0 Å². The summed E-state index contributed by atoms with van der Waals surface area (Å²) < 4.78 is 15.9. The molecule has 1 heterocycles. The molecule has 0 radical (unpaired) electrons. The first-order valence-corrected chi connectivity index (χ1v) is 10.3. The molecule has 3 aromatic rings. The molecule has 0 aliphatic heterocycles. The van der Waals surface area contributed by atoms with Crippen LogP contribution in [0.5, 0.6) is 17.2 Å². The summed E-state index contributed by atoms with van der Waals surface area (Å²) in [5.41, 5.74) is 1.83. The van der Waals surface area contributed by atoms with E-state index in [0.29, 0.717) is 29.6 Å². The van der Waals surface area contributed by atoms with E-state index >= 15 is 0 Å². The number of hydrogen-bond acceptors (Lipinski definition) is 6. The van der Waals surface area contributed by atoms with Crippen LogP contribution in [0.4, 0.5) is 5.95 Å². The van der Waals surface area contributed by atoms with E-state index in [2.05, 4.69) is 20.6 Å². The third-order valence-corrected chi connectivity index (χ3v) is 5.34. The third-order valence-electron chi connectivity index (χ3n) is 5.34. The molecule has 32 heavy (non-hydrogen) atoms. The van der Waals surface area contributed by atoms with E-state index in [9.17, 15) is 9.59 Å². The fourth-order valence-electron chi connectivity index (χ4n) is 3.35. The number of carbonyl (C=O) groups is 2. The zero-order valence-electron chi connectivity index (χ0n) is 18.8. The van der Waals surface area contributed by atoms with Crippen LogP contribution in [0.3, 0.4) is 0 Å². The molecule has 2 atom stereocenters. The third kappa shape index (κ3) is 4.77. The van der Waals surface area contributed by atoms with Gasteiger partial charge in [0.25, 0.3) is 5.91 Å². The number of methoxy groups -OCH3 is 3. The van der Waals surface area contributed by atoms with Crippen LogP contribution in [0.1, 0.15) is 30.6 Å². The first-order valence-electron chi connectivity index (χ1n) is 10.3. The zero-order chi connectivity index (χ0) is 23.3. The number of fused-ring (bicyclic) bond motifs is 1. The lowest BCUT2D eigenvalue weighted by molar-refractivity contribution is -0.119. The Kier molecular flexibility index (Phi) is 7.19. The number of aromatic nitrogens is 2. The molecular weight excluding hydrogens is 412 g/mol. The van der Waals surface area contributed by atoms with Crippen molar-refractivity contribution >= 4 is 28.8 Å². The molecule has 0 saturated heterocycles. The van der Waals surface area contributed by atoms with E-state index in [1.54, 1.807) is 12.1 Å². The van der Waals surface area contributed by atoms with Crippen LogP contribution in [0.2, 0.25) is 0 Å². The number of anilines is 1. The van der Waals surface area contributed by atoms with E-state index in [-0.39, 0.29) is 17.4 Å². The highest BCUT2D eigenvalue weighted by Gasteiger charge is 2.28. The molecule has 2 aromatic carbocycles. The number of benzene rings is 2. The largest absolute Gasteiger partial charge is 0.493 e. The second kappa shape index (κ2) is 10.0. The van der Waals surface area contributed by atoms with Crippen molar-refractivity contribution in [3.8, 4) is 17.2 Å². The molecular formula is C23H28N4O5. The topological polar surface area (TPSA) is 115 Å². The lowest BCUT2D eigenvalue weighted by Crippen LogP contribution is -2.47. The molecule has 9 nitrogen and oxygen atoms in total. The minimum Gasteiger partial charge on any atom is -0.493 e. The average Bonchev–Trinajstić information content (AvgIpc) is 3.22. The average molecular weight is 441 g/mol. The fraction of sp³-hybridized carbons (Fsp3) is 0.348. The Morgan fingerprint density at radius 3 is 2.28 bits per heavy atom. The second-order valence-corrected chi connectivity index (χ2v) is 7.34. The number of nitrogens with zero attached hydrogens (tertiary/aromatic N) is 1. The highest BCUT2D eigenvalue weighted by Crippen LogP contribution is 2.38. The number of nitrogens with one attached hydrogen (secondary N) is 3. The van der Waals surface area contributed by atoms with Crippen molar-refractivity contribution < 1.29 is 23.8 Å². The molecule has 3 N–H and O–H groups in total. The number of para-hydroxylation sites is 2. The van der Waals surface area contributed by atoms with E-state index in [0.717, 1.165) is 11.0 Å². The minimum absolute atomic E-state index is 0.120. The number of H-pyrrole nitrogens is 1. The van der Waals surface area contributed by atoms with Crippen molar-refractivity contribution in [2.45, 2.75) is 26.3 Å². The summed E-state index contributed by atoms with van der Waals surface area (Å²) in [6, 6.07) is 9.78. The predicted molar refractivity (Wildman–Crippen MR) is 122 cm³/mol. The van der Waals surface area contributed by atoms with Gasteiger partial charge in [-0.05, 0) is 30.2 Å². The summed E-state index contributed by atoms with van der Waals surface area (Å²) in [5, 5.41) is 5.61. The van der Waals surface area contributed by atoms with E-state index in [4.69, 9.17) is 14.2 Å². The molecule has 0 saturated carbocycles. The maximum absolute atomic E-state index is 13.0. The number of imidazole rings is 1. The van der Waals surface area contributed by atoms with Crippen LogP contribution < -0.4 is 24.8 Å². The van der Waals surface area contributed by atoms with Gasteiger partial charge in [-0.3, -0.25) is 14.9 Å². The maximum Gasteiger partial charge on any atom is 0.252 e. The van der Waals surface area contributed by atoms with Crippen molar-refractivity contribution in [1.82, 2.24) is 15.3 Å². The van der Waals surface area contributed by atoms with Crippen LogP contribution in [-0.2, 0) is 4.79 Å². The van der Waals surface area contributed by atoms with Gasteiger partial charge in [-0.1, -0.05) is 32.4 Å². The number of amides is 2. The molecule has 2 unspecified atom stereocenters. The summed E-state index contributed by atoms with van der Waals surface area (Å²) in [6.45, 7) is 3.86. The normalized spacial score (nSPS) is 12.7. The standard InChI is InChI=1S/C23H28N4O5/c1-6-13(2)19(22(29)27-23-24-15-9-7-8-10-16(15)25-23)26-21(28)14-11-17(30-3)20(32-5)18(12-14)31-4/h7-13,19H,6H2,1-5H3,(H,26,28)(H2,24,25,27,29). The van der Waals surface area contributed by atoms with Crippen LogP contribution in [-0.4, -0.2) is 49.2 Å². The molecule has 1 aromatic heterocycles. The molecule has 9 heteroatoms. The minimum atomic E-state index is -0.778. The Morgan fingerprint density at radius 2 is 1.72 bits per heavy atom. The van der Waals surface area contributed by atoms with Crippen molar-refractivity contribution in [2.75, 3.05) is 26.6 Å². The second-order valence-electron chi connectivity index (χ2n) is 7.34. The smallest absolute Gasteiger partial charge is 0.252 e. The molecule has 3 rings (SSSR count). The van der Waals surface area contributed by atoms with Crippen LogP contribution >= 0.6 is 0 Å². The first-order chi connectivity index (χ1) is 15.4. The van der Waals surface area contributed by atoms with Crippen molar-refractivity contribution in [3.05, 3.63) is 42.0 Å². The molecule has 0 aliphatic rings. The lowest BCUT2D eigenvalue weighted by atomic mass is 9.98. The Bertz CT molecular complexity index is 1050. The molecule has 170 valence electrons. The van der Waals surface area contributed by atoms with Crippen molar-refractivity contribution in [3.63, 3.8) is 0 Å². The zero-order valence-corrected chi connectivity index (χ0v) is 18.8. The number of ether oxygens (including phenoxy) is 3. The Hall–Kier alpha value is -3.75. The van der Waals surface area contributed by atoms with Gasteiger partial charge in [0.2, 0.25) is 17.6 Å². The number of aromatic amines is 1. The summed E-state index contributed by atoms with van der Waals surface area (Å²) >= 11 is 0. The molecule has 0 aliphatic carbocycles. The van der Waals surface area contributed by atoms with Gasteiger partial charge in [-0.2, -0.15) is 0 Å². The SMILES string of the molecule is CCC(C)C(NC(=O)c1cc(OC)c(OC)c(OC)c1)C(=O)Nc1nc2ccccc2[nH]1. The molecule has 2 amide bonds. The lowest BCUT2D eigenvalue weighted by Gasteiger charge is -2.23. The fourth-order valence-corrected chi connectivity index (χ4v) is 3.35. The Labute approximate surface area is 186 Å². The Balaban J connectivity index is 1.83. The monoisotopic (exact) mass is 440 g/mol. The van der Waals surface area contributed by atoms with Gasteiger partial charge in [0, 0.05) is 5.56 Å². The van der Waals surface area contributed by atoms with E-state index in [1.165, 1.54) is 21.3 Å². The van der Waals surface area contributed by atoms with Crippen molar-refractivity contribution in [1.29, 1.82) is 0 Å². The van der Waals surface area contributed by atoms with Gasteiger partial charge in [0.15, 0.2) is 11.5 Å². The van der Waals surface area contributed by atoms with Crippen LogP contribution in [0, 0.1) is 5.92 Å². The van der Waals surface area contributed by atoms with Gasteiger partial charge in [0.1, 0.15) is 6.04 Å². The summed E-state index contributed by atoms with van der Waals surface area (Å²) in [4.78, 5) is 33.5. The van der Waals surface area contributed by atoms with Gasteiger partial charge in [0.05, 0.1) is 32.4 Å². The van der Waals surface area contributed by atoms with E-state index < -0.39 is 11.9 Å². The van der Waals surface area contributed by atoms with Gasteiger partial charge >= 0.3 is 0 Å². The van der Waals surface area contributed by atoms with E-state index in [1.807, 2.05) is 38.1 Å². The summed E-state index contributed by atoms with van der Waals surface area (Å²) in [6.07, 6.45) is 0.688. The molecule has 0 spiro atoms. The summed E-state index contributed by atoms with van der Waals surface area (Å²) in [5.74, 6) is 0.491. The molecule has 0 bridgehead atoms. The number of carbonyl (C=O) groups excluding carboxylic acids is 2. The van der Waals surface area contributed by atoms with Crippen LogP contribution in [0.15, 0.2) is 36.4 Å². The first kappa shape index (κ1) is 22.9. The highest BCUT2D eigenvalue weighted by atomic mass is 16.5. The highest BCUT2D eigenvalue weighted by molar-refractivity contribution is 6.01. The van der Waals surface area contributed by atoms with Gasteiger partial charge in [-0.15, -0.1) is 0 Å². The molecule has 0 fully saturated rings. The Morgan fingerprint density at radius 1 is 1.06 bits per heavy atom. The number of rotatable bonds is 9. The quantitative estimate of drug-likeness (QED) is 0.470. The number of hydrogen-bond donors (Lipinski definition) is 3. The predicted octanol–water partition coefficient (Wildman–Crippen LogP) is 3.37. The van der Waals surface area contributed by atoms with Crippen molar-refractivity contribution in [2.24, 2.45) is 5.92 Å². The summed E-state index contributed by atoms with van der Waals surface area (Å²) in [7, 11) is 4.44. The maximum atomic E-state index is 13.0. The van der Waals surface area contributed by atoms with Gasteiger partial charge < -0.3 is 24.5 Å².